The molecule has 0 spiro atoms. The summed E-state index contributed by atoms with van der Waals surface area (Å²) in [7, 11) is 6.20. The molecule has 8 nitrogen and oxygen atoms in total. The van der Waals surface area contributed by atoms with Crippen LogP contribution in [0.25, 0.3) is 17.0 Å². The van der Waals surface area contributed by atoms with Crippen molar-refractivity contribution in [2.75, 3.05) is 40.4 Å². The molecule has 8 heteroatoms. The number of aliphatic hydroxyl groups excluding tert-OH is 1. The van der Waals surface area contributed by atoms with Crippen LogP contribution < -0.4 is 24.3 Å². The number of benzene rings is 2. The molecule has 0 aliphatic rings. The Bertz CT molecular complexity index is 1160. The predicted octanol–water partition coefficient (Wildman–Crippen LogP) is 4.28. The maximum atomic E-state index is 9.70. The van der Waals surface area contributed by atoms with Crippen molar-refractivity contribution in [1.82, 2.24) is 4.98 Å². The average molecular weight is 435 g/mol. The summed E-state index contributed by atoms with van der Waals surface area (Å²) in [6.45, 7) is 0.0685. The van der Waals surface area contributed by atoms with E-state index in [-0.39, 0.29) is 6.61 Å². The predicted molar refractivity (Wildman–Crippen MR) is 123 cm³/mol. The highest BCUT2D eigenvalue weighted by Crippen LogP contribution is 2.42. The van der Waals surface area contributed by atoms with Gasteiger partial charge in [-0.3, -0.25) is 4.98 Å². The number of methoxy groups -OCH3 is 4. The molecule has 0 saturated carbocycles. The number of nitrogens with one attached hydrogen (secondary N) is 1. The summed E-state index contributed by atoms with van der Waals surface area (Å²) in [5, 5.41) is 22.7. The smallest absolute Gasteiger partial charge is 0.203 e. The van der Waals surface area contributed by atoms with Gasteiger partial charge in [-0.15, -0.1) is 0 Å². The second-order valence-electron chi connectivity index (χ2n) is 6.72. The van der Waals surface area contributed by atoms with E-state index in [1.807, 2.05) is 24.3 Å². The summed E-state index contributed by atoms with van der Waals surface area (Å²) in [6, 6.07) is 9.42. The minimum absolute atomic E-state index is 0.0685. The molecule has 0 unspecified atom stereocenters. The molecule has 3 rings (SSSR count). The van der Waals surface area contributed by atoms with Crippen LogP contribution in [0.3, 0.4) is 0 Å². The van der Waals surface area contributed by atoms with Gasteiger partial charge in [-0.1, -0.05) is 12.2 Å². The first-order chi connectivity index (χ1) is 15.6. The van der Waals surface area contributed by atoms with Crippen LogP contribution in [-0.4, -0.2) is 45.1 Å². The number of nitrogens with zero attached hydrogens (tertiary/aromatic N) is 2. The number of aromatic nitrogens is 1. The van der Waals surface area contributed by atoms with Gasteiger partial charge >= 0.3 is 0 Å². The summed E-state index contributed by atoms with van der Waals surface area (Å²) in [6.07, 6.45) is 5.80. The number of hydrogen-bond acceptors (Lipinski definition) is 8. The quantitative estimate of drug-likeness (QED) is 0.513. The molecule has 166 valence electrons. The molecule has 3 aromatic rings. The molecular formula is C24H25N3O5. The van der Waals surface area contributed by atoms with Gasteiger partial charge in [-0.2, -0.15) is 5.26 Å². The van der Waals surface area contributed by atoms with Crippen LogP contribution in [0.2, 0.25) is 0 Å². The number of ether oxygens (including phenoxy) is 4. The van der Waals surface area contributed by atoms with E-state index in [1.165, 1.54) is 13.3 Å². The van der Waals surface area contributed by atoms with Crippen molar-refractivity contribution < 1.29 is 24.1 Å². The maximum absolute atomic E-state index is 9.70. The lowest BCUT2D eigenvalue weighted by Crippen LogP contribution is -2.00. The fourth-order valence-corrected chi connectivity index (χ4v) is 3.34. The topological polar surface area (TPSA) is 106 Å². The molecule has 0 fully saturated rings. The van der Waals surface area contributed by atoms with Gasteiger partial charge in [-0.05, 0) is 18.6 Å². The van der Waals surface area contributed by atoms with Crippen LogP contribution in [0.15, 0.2) is 36.5 Å². The Morgan fingerprint density at radius 1 is 1.00 bits per heavy atom. The number of aliphatic hydroxyl groups is 1. The number of hydrogen-bond donors (Lipinski definition) is 2. The van der Waals surface area contributed by atoms with E-state index < -0.39 is 0 Å². The van der Waals surface area contributed by atoms with E-state index in [0.717, 1.165) is 5.56 Å². The van der Waals surface area contributed by atoms with Gasteiger partial charge in [0, 0.05) is 41.6 Å². The van der Waals surface area contributed by atoms with Crippen molar-refractivity contribution in [3.05, 3.63) is 47.7 Å². The molecule has 0 atom stereocenters. The van der Waals surface area contributed by atoms with Crippen LogP contribution in [-0.2, 0) is 0 Å². The van der Waals surface area contributed by atoms with Crippen LogP contribution in [0.1, 0.15) is 17.5 Å². The van der Waals surface area contributed by atoms with Crippen molar-refractivity contribution >= 4 is 28.4 Å². The Kier molecular flexibility index (Phi) is 7.37. The Hall–Kier alpha value is -3.96. The molecule has 32 heavy (non-hydrogen) atoms. The molecule has 0 aliphatic carbocycles. The number of pyridine rings is 1. The van der Waals surface area contributed by atoms with Gasteiger partial charge in [-0.25, -0.2) is 0 Å². The Balaban J connectivity index is 2.16. The molecular weight excluding hydrogens is 410 g/mol. The van der Waals surface area contributed by atoms with Gasteiger partial charge in [0.05, 0.1) is 45.2 Å². The third-order valence-corrected chi connectivity index (χ3v) is 4.87. The van der Waals surface area contributed by atoms with Crippen molar-refractivity contribution in [3.8, 4) is 29.1 Å². The highest BCUT2D eigenvalue weighted by Gasteiger charge is 2.17. The zero-order valence-electron chi connectivity index (χ0n) is 18.4. The molecule has 0 amide bonds. The van der Waals surface area contributed by atoms with Crippen molar-refractivity contribution in [1.29, 1.82) is 5.26 Å². The summed E-state index contributed by atoms with van der Waals surface area (Å²) in [5.74, 6) is 2.07. The van der Waals surface area contributed by atoms with Gasteiger partial charge in [0.15, 0.2) is 11.5 Å². The van der Waals surface area contributed by atoms with Crippen LogP contribution >= 0.6 is 0 Å². The van der Waals surface area contributed by atoms with E-state index >= 15 is 0 Å². The zero-order chi connectivity index (χ0) is 23.1. The Morgan fingerprint density at radius 2 is 1.69 bits per heavy atom. The lowest BCUT2D eigenvalue weighted by atomic mass is 10.0. The van der Waals surface area contributed by atoms with E-state index in [4.69, 9.17) is 24.1 Å². The fraction of sp³-hybridized carbons (Fsp3) is 0.250. The van der Waals surface area contributed by atoms with E-state index in [9.17, 15) is 5.26 Å². The average Bonchev–Trinajstić information content (AvgIpc) is 2.83. The molecule has 0 saturated heterocycles. The first kappa shape index (κ1) is 22.7. The molecule has 2 aromatic carbocycles. The van der Waals surface area contributed by atoms with Crippen LogP contribution in [0.5, 0.6) is 23.0 Å². The Labute approximate surface area is 186 Å². The highest BCUT2D eigenvalue weighted by atomic mass is 16.5. The molecule has 0 aliphatic heterocycles. The fourth-order valence-electron chi connectivity index (χ4n) is 3.34. The zero-order valence-corrected chi connectivity index (χ0v) is 18.4. The number of anilines is 2. The van der Waals surface area contributed by atoms with E-state index in [2.05, 4.69) is 16.4 Å². The third kappa shape index (κ3) is 4.53. The summed E-state index contributed by atoms with van der Waals surface area (Å²) in [4.78, 5) is 4.44. The third-order valence-electron chi connectivity index (χ3n) is 4.87. The number of rotatable bonds is 9. The van der Waals surface area contributed by atoms with Gasteiger partial charge in [0.2, 0.25) is 5.75 Å². The second kappa shape index (κ2) is 10.4. The summed E-state index contributed by atoms with van der Waals surface area (Å²) in [5.41, 5.74) is 3.11. The van der Waals surface area contributed by atoms with Crippen molar-refractivity contribution in [2.24, 2.45) is 0 Å². The lowest BCUT2D eigenvalue weighted by Gasteiger charge is -2.17. The van der Waals surface area contributed by atoms with Crippen LogP contribution in [0, 0.1) is 11.3 Å². The van der Waals surface area contributed by atoms with Gasteiger partial charge < -0.3 is 29.4 Å². The number of fused-ring (bicyclic) bond motifs is 1. The Morgan fingerprint density at radius 3 is 2.25 bits per heavy atom. The minimum Gasteiger partial charge on any atom is -0.496 e. The SMILES string of the molecule is COc1cc2c(Nc3cc(OC)c(OC)c(OC)c3)c(C#N)cnc2cc1C=CCCO. The number of nitriles is 1. The monoisotopic (exact) mass is 435 g/mol. The first-order valence-electron chi connectivity index (χ1n) is 9.85. The largest absolute Gasteiger partial charge is 0.496 e. The highest BCUT2D eigenvalue weighted by molar-refractivity contribution is 5.98. The maximum Gasteiger partial charge on any atom is 0.203 e. The summed E-state index contributed by atoms with van der Waals surface area (Å²) >= 11 is 0. The molecule has 0 radical (unpaired) electrons. The molecule has 1 aromatic heterocycles. The standard InChI is InChI=1S/C24H25N3O5/c1-29-20-12-18-19(9-15(20)7-5-6-8-28)26-14-16(13-25)23(18)27-17-10-21(30-2)24(32-4)22(11-17)31-3/h5,7,9-12,14,28H,6,8H2,1-4H3,(H,26,27). The van der Waals surface area contributed by atoms with Crippen molar-refractivity contribution in [2.45, 2.75) is 6.42 Å². The first-order valence-corrected chi connectivity index (χ1v) is 9.85. The van der Waals surface area contributed by atoms with E-state index in [0.29, 0.717) is 57.3 Å². The van der Waals surface area contributed by atoms with Crippen molar-refractivity contribution in [3.63, 3.8) is 0 Å². The second-order valence-corrected chi connectivity index (χ2v) is 6.72. The van der Waals surface area contributed by atoms with Gasteiger partial charge in [0.1, 0.15) is 11.8 Å². The van der Waals surface area contributed by atoms with Gasteiger partial charge in [0.25, 0.3) is 0 Å². The summed E-state index contributed by atoms with van der Waals surface area (Å²) < 4.78 is 21.8. The van der Waals surface area contributed by atoms with E-state index in [1.54, 1.807) is 33.5 Å². The molecule has 2 N–H and O–H groups in total. The normalized spacial score (nSPS) is 10.8. The molecule has 0 bridgehead atoms. The van der Waals surface area contributed by atoms with Crippen LogP contribution in [0.4, 0.5) is 11.4 Å². The lowest BCUT2D eigenvalue weighted by molar-refractivity contribution is 0.303. The molecule has 1 heterocycles. The minimum atomic E-state index is 0.0685.